The fourth-order valence-electron chi connectivity index (χ4n) is 9.91. The van der Waals surface area contributed by atoms with Crippen molar-refractivity contribution >= 4 is 0 Å². The topological polar surface area (TPSA) is 167 Å². The second-order valence-corrected chi connectivity index (χ2v) is 17.2. The third-order valence-corrected chi connectivity index (χ3v) is 12.9. The number of aliphatic hydroxyl groups is 4. The Morgan fingerprint density at radius 3 is 2.18 bits per heavy atom. The summed E-state index contributed by atoms with van der Waals surface area (Å²) in [6, 6.07) is -0.225. The number of rotatable bonds is 9. The summed E-state index contributed by atoms with van der Waals surface area (Å²) in [4.78, 5) is 0. The largest absolute Gasteiger partial charge is 0.387 e. The van der Waals surface area contributed by atoms with Crippen LogP contribution in [0.4, 0.5) is 0 Å². The molecular weight excluding hydrogens is 662 g/mol. The second-order valence-electron chi connectivity index (χ2n) is 17.2. The molecule has 0 amide bonds. The third kappa shape index (κ3) is 7.81. The monoisotopic (exact) mass is 731 g/mol. The predicted molar refractivity (Wildman–Crippen MR) is 187 cm³/mol. The maximum absolute atomic E-state index is 12.5. The van der Waals surface area contributed by atoms with Crippen molar-refractivity contribution in [1.82, 2.24) is 5.32 Å². The summed E-state index contributed by atoms with van der Waals surface area (Å²) >= 11 is 0. The van der Waals surface area contributed by atoms with Crippen LogP contribution in [0.15, 0.2) is 0 Å². The Kier molecular flexibility index (Phi) is 12.7. The molecule has 5 saturated heterocycles. The second kappa shape index (κ2) is 15.5. The van der Waals surface area contributed by atoms with Crippen molar-refractivity contribution in [1.29, 1.82) is 0 Å². The predicted octanol–water partition coefficient (Wildman–Crippen LogP) is 3.22. The van der Waals surface area contributed by atoms with Crippen molar-refractivity contribution < 1.29 is 58.3 Å². The van der Waals surface area contributed by atoms with Crippen LogP contribution in [0.25, 0.3) is 0 Å². The fraction of sp³-hybridized carbons (Fsp3) is 1.00. The zero-order valence-electron chi connectivity index (χ0n) is 33.0. The maximum Gasteiger partial charge on any atom is 0.286 e. The lowest BCUT2D eigenvalue weighted by atomic mass is 9.74. The molecule has 298 valence electrons. The van der Waals surface area contributed by atoms with Crippen molar-refractivity contribution in [2.45, 2.75) is 205 Å². The molecule has 5 aliphatic heterocycles. The van der Waals surface area contributed by atoms with E-state index in [1.807, 2.05) is 48.5 Å². The average Bonchev–Trinajstić information content (AvgIpc) is 3.39. The van der Waals surface area contributed by atoms with Gasteiger partial charge in [0.25, 0.3) is 5.97 Å². The van der Waals surface area contributed by atoms with Crippen LogP contribution in [0.1, 0.15) is 108 Å². The Bertz CT molecular complexity index is 1160. The zero-order chi connectivity index (χ0) is 37.8. The van der Waals surface area contributed by atoms with Crippen LogP contribution >= 0.6 is 0 Å². The molecule has 13 heteroatoms. The highest BCUT2D eigenvalue weighted by atomic mass is 16.8. The number of hydrogen-bond acceptors (Lipinski definition) is 13. The first kappa shape index (κ1) is 41.6. The van der Waals surface area contributed by atoms with Gasteiger partial charge in [-0.05, 0) is 72.8 Å². The van der Waals surface area contributed by atoms with Crippen LogP contribution < -0.4 is 5.32 Å². The van der Waals surface area contributed by atoms with Gasteiger partial charge in [-0.25, -0.2) is 0 Å². The number of aliphatic hydroxyl groups excluding tert-OH is 2. The molecule has 0 aromatic heterocycles. The molecule has 5 heterocycles. The zero-order valence-corrected chi connectivity index (χ0v) is 33.0. The summed E-state index contributed by atoms with van der Waals surface area (Å²) in [6.07, 6.45) is -5.17. The first-order valence-corrected chi connectivity index (χ1v) is 19.5. The van der Waals surface area contributed by atoms with Gasteiger partial charge in [-0.15, -0.1) is 0 Å². The van der Waals surface area contributed by atoms with Crippen LogP contribution in [0.2, 0.25) is 0 Å². The molecule has 13 nitrogen and oxygen atoms in total. The van der Waals surface area contributed by atoms with E-state index in [-0.39, 0.29) is 36.5 Å². The van der Waals surface area contributed by atoms with Crippen molar-refractivity contribution in [2.75, 3.05) is 13.7 Å². The van der Waals surface area contributed by atoms with E-state index in [4.69, 9.17) is 37.9 Å². The molecule has 4 bridgehead atoms. The summed E-state index contributed by atoms with van der Waals surface area (Å²) in [5.74, 6) is -3.89. The molecule has 5 rings (SSSR count). The van der Waals surface area contributed by atoms with Crippen molar-refractivity contribution in [3.8, 4) is 0 Å². The minimum absolute atomic E-state index is 0.0245. The molecule has 20 atom stereocenters. The molecule has 0 aliphatic carbocycles. The molecule has 0 aromatic carbocycles. The third-order valence-electron chi connectivity index (χ3n) is 12.9. The summed E-state index contributed by atoms with van der Waals surface area (Å²) < 4.78 is 52.3. The highest BCUT2D eigenvalue weighted by Crippen LogP contribution is 2.52. The summed E-state index contributed by atoms with van der Waals surface area (Å²) in [6.45, 7) is 22.0. The average molecular weight is 732 g/mol. The Hall–Kier alpha value is -0.520. The van der Waals surface area contributed by atoms with E-state index in [1.54, 1.807) is 21.0 Å². The number of ether oxygens (including phenoxy) is 8. The van der Waals surface area contributed by atoms with E-state index in [1.165, 1.54) is 0 Å². The first-order valence-electron chi connectivity index (χ1n) is 19.5. The standard InChI is InChI=1S/C38H69NO12/c1-13-15-39-25-16-20(4)45-34(28(25)40)48-32-22(6)30(47-27-18-35(9,44-12)31(41)24(8)46-27)23(7)38(43)49-26(14-2)37(11,42)33(51-38)21(5)29-19(3)17-36(32,10)50-29/h19-34,39-43H,13-18H2,1-12H3/t19-,20+,21-,22-,23+,24?,25?,26+,27-,28?,29?,30-,31-,32+,33+,34-,35?,36-,37+,38-/m0/s1. The van der Waals surface area contributed by atoms with Crippen LogP contribution in [0.3, 0.4) is 0 Å². The molecule has 0 spiro atoms. The molecule has 51 heavy (non-hydrogen) atoms. The lowest BCUT2D eigenvalue weighted by Gasteiger charge is -2.55. The molecule has 0 aromatic rings. The van der Waals surface area contributed by atoms with Crippen LogP contribution in [-0.4, -0.2) is 130 Å². The Labute approximate surface area is 305 Å². The summed E-state index contributed by atoms with van der Waals surface area (Å²) in [5.41, 5.74) is -3.30. The number of fused-ring (bicyclic) bond motifs is 4. The van der Waals surface area contributed by atoms with Crippen molar-refractivity contribution in [3.05, 3.63) is 0 Å². The normalized spacial score (nSPS) is 55.3. The Balaban J connectivity index is 1.61. The number of methoxy groups -OCH3 is 1. The minimum Gasteiger partial charge on any atom is -0.387 e. The van der Waals surface area contributed by atoms with Crippen LogP contribution in [-0.2, 0) is 37.9 Å². The van der Waals surface area contributed by atoms with E-state index >= 15 is 0 Å². The summed E-state index contributed by atoms with van der Waals surface area (Å²) in [7, 11) is 1.56. The van der Waals surface area contributed by atoms with Gasteiger partial charge in [0.2, 0.25) is 0 Å². The Morgan fingerprint density at radius 1 is 0.863 bits per heavy atom. The van der Waals surface area contributed by atoms with E-state index in [0.29, 0.717) is 19.3 Å². The lowest BCUT2D eigenvalue weighted by molar-refractivity contribution is -0.481. The maximum atomic E-state index is 12.5. The van der Waals surface area contributed by atoms with Gasteiger partial charge in [0.1, 0.15) is 17.8 Å². The quantitative estimate of drug-likeness (QED) is 0.235. The van der Waals surface area contributed by atoms with Gasteiger partial charge < -0.3 is 63.6 Å². The SMILES string of the molecule is CCCNC1C[C@@H](C)O[C@@H](O[C@@H]2[C@@H](C)[C@H](O[C@H]3CC(C)(OC)[C@@H](O)C(C)O3)[C@@H](C)[C@@]3(O)O[C@H]([C@@H](C)C4O[C@@]2(C)C[C@@H]4C)[C@](C)(O)[C@@H](CC)O3)C1O. The fourth-order valence-corrected chi connectivity index (χ4v) is 9.91. The van der Waals surface area contributed by atoms with Gasteiger partial charge in [-0.1, -0.05) is 41.5 Å². The number of nitrogens with one attached hydrogen (secondary N) is 1. The highest BCUT2D eigenvalue weighted by Gasteiger charge is 2.64. The summed E-state index contributed by atoms with van der Waals surface area (Å²) in [5, 5.41) is 50.6. The van der Waals surface area contributed by atoms with Crippen molar-refractivity contribution in [2.24, 2.45) is 23.7 Å². The van der Waals surface area contributed by atoms with Gasteiger partial charge in [0.05, 0.1) is 59.8 Å². The smallest absolute Gasteiger partial charge is 0.286 e. The Morgan fingerprint density at radius 2 is 1.55 bits per heavy atom. The molecule has 5 N–H and O–H groups in total. The van der Waals surface area contributed by atoms with Gasteiger partial charge in [0, 0.05) is 31.4 Å². The molecule has 0 saturated carbocycles. The van der Waals surface area contributed by atoms with Gasteiger partial charge in [-0.2, -0.15) is 0 Å². The van der Waals surface area contributed by atoms with Gasteiger partial charge in [0.15, 0.2) is 12.6 Å². The number of hydrogen-bond donors (Lipinski definition) is 5. The molecule has 5 fully saturated rings. The minimum atomic E-state index is -2.17. The van der Waals surface area contributed by atoms with E-state index < -0.39 is 89.9 Å². The molecule has 0 radical (unpaired) electrons. The van der Waals surface area contributed by atoms with Crippen LogP contribution in [0.5, 0.6) is 0 Å². The van der Waals surface area contributed by atoms with E-state index in [2.05, 4.69) is 19.2 Å². The van der Waals surface area contributed by atoms with Crippen molar-refractivity contribution in [3.63, 3.8) is 0 Å². The molecular formula is C38H69NO12. The van der Waals surface area contributed by atoms with E-state index in [9.17, 15) is 20.4 Å². The lowest BCUT2D eigenvalue weighted by Crippen LogP contribution is -2.69. The van der Waals surface area contributed by atoms with Gasteiger partial charge >= 0.3 is 0 Å². The van der Waals surface area contributed by atoms with E-state index in [0.717, 1.165) is 13.0 Å². The molecule has 5 unspecified atom stereocenters. The van der Waals surface area contributed by atoms with Crippen LogP contribution in [0, 0.1) is 23.7 Å². The molecule has 5 aliphatic rings. The van der Waals surface area contributed by atoms with Gasteiger partial charge in [-0.3, -0.25) is 0 Å². The highest BCUT2D eigenvalue weighted by molar-refractivity contribution is 5.07. The first-order chi connectivity index (χ1) is 23.7.